The quantitative estimate of drug-likeness (QED) is 0.868. The molecule has 116 valence electrons. The molecule has 2 rings (SSSR count). The van der Waals surface area contributed by atoms with E-state index in [4.69, 9.17) is 0 Å². The molecule has 0 bridgehead atoms. The second kappa shape index (κ2) is 6.73. The van der Waals surface area contributed by atoms with Crippen molar-refractivity contribution in [1.29, 1.82) is 0 Å². The average Bonchev–Trinajstić information content (AvgIpc) is 2.48. The largest absolute Gasteiger partial charge is 0.368 e. The van der Waals surface area contributed by atoms with E-state index < -0.39 is 0 Å². The molecule has 1 saturated heterocycles. The number of piperazine rings is 1. The van der Waals surface area contributed by atoms with Crippen molar-refractivity contribution in [2.45, 2.75) is 32.9 Å². The van der Waals surface area contributed by atoms with Crippen molar-refractivity contribution >= 4 is 24.2 Å². The fourth-order valence-corrected chi connectivity index (χ4v) is 2.88. The van der Waals surface area contributed by atoms with Crippen LogP contribution in [0.3, 0.4) is 0 Å². The number of carbonyl (C=O) groups excluding carboxylic acids is 1. The van der Waals surface area contributed by atoms with Gasteiger partial charge in [0.15, 0.2) is 0 Å². The van der Waals surface area contributed by atoms with Gasteiger partial charge in [-0.15, -0.1) is 0 Å². The van der Waals surface area contributed by atoms with Crippen molar-refractivity contribution in [1.82, 2.24) is 4.90 Å². The van der Waals surface area contributed by atoms with Gasteiger partial charge in [-0.05, 0) is 37.0 Å². The van der Waals surface area contributed by atoms with Crippen LogP contribution < -0.4 is 4.90 Å². The molecule has 0 saturated carbocycles. The highest BCUT2D eigenvalue weighted by atomic mass is 32.1. The van der Waals surface area contributed by atoms with Crippen LogP contribution in [0.25, 0.3) is 0 Å². The molecule has 0 aromatic heterocycles. The number of aryl methyl sites for hydroxylation is 1. The number of rotatable bonds is 3. The molecule has 1 aliphatic heterocycles. The summed E-state index contributed by atoms with van der Waals surface area (Å²) >= 11 is 4.45. The van der Waals surface area contributed by atoms with Gasteiger partial charge in [0.2, 0.25) is 5.91 Å². The summed E-state index contributed by atoms with van der Waals surface area (Å²) in [6, 6.07) is 6.43. The lowest BCUT2D eigenvalue weighted by Gasteiger charge is -2.38. The summed E-state index contributed by atoms with van der Waals surface area (Å²) in [4.78, 5) is 16.7. The van der Waals surface area contributed by atoms with E-state index in [9.17, 15) is 4.79 Å². The van der Waals surface area contributed by atoms with Crippen LogP contribution in [-0.2, 0) is 4.79 Å². The van der Waals surface area contributed by atoms with E-state index in [2.05, 4.69) is 49.6 Å². The summed E-state index contributed by atoms with van der Waals surface area (Å²) in [6.45, 7) is 11.8. The van der Waals surface area contributed by atoms with E-state index in [0.29, 0.717) is 0 Å². The fraction of sp³-hybridized carbons (Fsp3) is 0.588. The molecule has 21 heavy (non-hydrogen) atoms. The van der Waals surface area contributed by atoms with Crippen molar-refractivity contribution in [3.63, 3.8) is 0 Å². The Labute approximate surface area is 133 Å². The molecular formula is C17H26N2OS. The zero-order valence-electron chi connectivity index (χ0n) is 13.5. The Kier molecular flexibility index (Phi) is 5.20. The minimum atomic E-state index is -0.183. The smallest absolute Gasteiger partial charge is 0.235 e. The zero-order valence-corrected chi connectivity index (χ0v) is 14.4. The molecule has 1 atom stereocenters. The third-order valence-corrected chi connectivity index (χ3v) is 5.21. The van der Waals surface area contributed by atoms with E-state index in [0.717, 1.165) is 26.2 Å². The van der Waals surface area contributed by atoms with Crippen LogP contribution in [0.5, 0.6) is 0 Å². The maximum absolute atomic E-state index is 12.3. The molecule has 0 aliphatic carbocycles. The first kappa shape index (κ1) is 16.2. The summed E-state index contributed by atoms with van der Waals surface area (Å²) in [7, 11) is 0. The Bertz CT molecular complexity index is 508. The van der Waals surface area contributed by atoms with Gasteiger partial charge in [-0.25, -0.2) is 0 Å². The van der Waals surface area contributed by atoms with E-state index >= 15 is 0 Å². The Hall–Kier alpha value is -1.16. The number of amides is 1. The number of carbonyl (C=O) groups is 1. The van der Waals surface area contributed by atoms with Crippen LogP contribution in [0.1, 0.15) is 25.0 Å². The third-order valence-electron chi connectivity index (χ3n) is 4.39. The van der Waals surface area contributed by atoms with Crippen molar-refractivity contribution in [3.8, 4) is 0 Å². The van der Waals surface area contributed by atoms with Crippen LogP contribution in [0.4, 0.5) is 5.69 Å². The Morgan fingerprint density at radius 3 is 2.33 bits per heavy atom. The Morgan fingerprint density at radius 1 is 1.14 bits per heavy atom. The summed E-state index contributed by atoms with van der Waals surface area (Å²) in [5.74, 6) is 0.451. The van der Waals surface area contributed by atoms with E-state index in [1.807, 2.05) is 18.7 Å². The van der Waals surface area contributed by atoms with Crippen LogP contribution >= 0.6 is 12.6 Å². The molecule has 4 heteroatoms. The monoisotopic (exact) mass is 306 g/mol. The first-order chi connectivity index (χ1) is 9.91. The number of hydrogen-bond acceptors (Lipinski definition) is 3. The van der Waals surface area contributed by atoms with Crippen molar-refractivity contribution in [3.05, 3.63) is 29.3 Å². The van der Waals surface area contributed by atoms with E-state index in [-0.39, 0.29) is 17.1 Å². The van der Waals surface area contributed by atoms with Gasteiger partial charge in [-0.3, -0.25) is 4.79 Å². The van der Waals surface area contributed by atoms with Crippen LogP contribution in [0.15, 0.2) is 18.2 Å². The highest BCUT2D eigenvalue weighted by Crippen LogP contribution is 2.24. The molecule has 1 amide bonds. The Morgan fingerprint density at radius 2 is 1.76 bits per heavy atom. The standard InChI is InChI=1S/C17H26N2OS/c1-12(2)16(21)17(20)19-10-8-18(9-11-19)15-7-5-6-13(3)14(15)4/h5-7,12,16,21H,8-11H2,1-4H3. The minimum absolute atomic E-state index is 0.175. The molecule has 0 radical (unpaired) electrons. The number of benzene rings is 1. The number of nitrogens with zero attached hydrogens (tertiary/aromatic N) is 2. The van der Waals surface area contributed by atoms with Crippen LogP contribution in [-0.4, -0.2) is 42.2 Å². The van der Waals surface area contributed by atoms with Crippen LogP contribution in [0.2, 0.25) is 0 Å². The van der Waals surface area contributed by atoms with E-state index in [1.165, 1.54) is 16.8 Å². The van der Waals surface area contributed by atoms with Crippen molar-refractivity contribution in [2.75, 3.05) is 31.1 Å². The predicted octanol–water partition coefficient (Wildman–Crippen LogP) is 2.91. The summed E-state index contributed by atoms with van der Waals surface area (Å²) in [5, 5.41) is -0.183. The van der Waals surface area contributed by atoms with Crippen molar-refractivity contribution < 1.29 is 4.79 Å². The lowest BCUT2D eigenvalue weighted by atomic mass is 10.1. The topological polar surface area (TPSA) is 23.6 Å². The SMILES string of the molecule is Cc1cccc(N2CCN(C(=O)C(S)C(C)C)CC2)c1C. The Balaban J connectivity index is 2.00. The van der Waals surface area contributed by atoms with Crippen molar-refractivity contribution in [2.24, 2.45) is 5.92 Å². The minimum Gasteiger partial charge on any atom is -0.368 e. The molecule has 0 spiro atoms. The molecule has 0 N–H and O–H groups in total. The molecule has 1 fully saturated rings. The highest BCUT2D eigenvalue weighted by Gasteiger charge is 2.27. The first-order valence-electron chi connectivity index (χ1n) is 7.70. The molecule has 1 aliphatic rings. The van der Waals surface area contributed by atoms with E-state index in [1.54, 1.807) is 0 Å². The maximum atomic E-state index is 12.3. The lowest BCUT2D eigenvalue weighted by molar-refractivity contribution is -0.131. The maximum Gasteiger partial charge on any atom is 0.235 e. The van der Waals surface area contributed by atoms with Gasteiger partial charge in [0.25, 0.3) is 0 Å². The van der Waals surface area contributed by atoms with Gasteiger partial charge in [0.05, 0.1) is 5.25 Å². The van der Waals surface area contributed by atoms with Gasteiger partial charge < -0.3 is 9.80 Å². The van der Waals surface area contributed by atoms with Crippen LogP contribution in [0, 0.1) is 19.8 Å². The van der Waals surface area contributed by atoms with Gasteiger partial charge in [0, 0.05) is 31.9 Å². The summed E-state index contributed by atoms with van der Waals surface area (Å²) in [5.41, 5.74) is 3.96. The molecular weight excluding hydrogens is 280 g/mol. The van der Waals surface area contributed by atoms with Gasteiger partial charge >= 0.3 is 0 Å². The lowest BCUT2D eigenvalue weighted by Crippen LogP contribution is -2.51. The summed E-state index contributed by atoms with van der Waals surface area (Å²) < 4.78 is 0. The highest BCUT2D eigenvalue weighted by molar-refractivity contribution is 7.81. The average molecular weight is 306 g/mol. The number of hydrogen-bond donors (Lipinski definition) is 1. The second-order valence-corrected chi connectivity index (χ2v) is 6.78. The zero-order chi connectivity index (χ0) is 15.6. The third kappa shape index (κ3) is 3.54. The molecule has 3 nitrogen and oxygen atoms in total. The second-order valence-electron chi connectivity index (χ2n) is 6.22. The summed E-state index contributed by atoms with van der Waals surface area (Å²) in [6.07, 6.45) is 0. The van der Waals surface area contributed by atoms with Gasteiger partial charge in [0.1, 0.15) is 0 Å². The molecule has 1 unspecified atom stereocenters. The van der Waals surface area contributed by atoms with Gasteiger partial charge in [-0.1, -0.05) is 26.0 Å². The predicted molar refractivity (Wildman–Crippen MR) is 92.3 cm³/mol. The fourth-order valence-electron chi connectivity index (χ4n) is 2.72. The molecule has 1 aromatic carbocycles. The molecule has 1 heterocycles. The number of thiol groups is 1. The van der Waals surface area contributed by atoms with Gasteiger partial charge in [-0.2, -0.15) is 12.6 Å². The first-order valence-corrected chi connectivity index (χ1v) is 8.21. The molecule has 1 aromatic rings. The normalized spacial score (nSPS) is 17.2. The number of anilines is 1.